The second kappa shape index (κ2) is 22.5. The monoisotopic (exact) mass is 416 g/mol. The van der Waals surface area contributed by atoms with E-state index in [9.17, 15) is 0 Å². The van der Waals surface area contributed by atoms with E-state index in [1.54, 1.807) is 21.3 Å². The first-order valence-electron chi connectivity index (χ1n) is 12.6. The van der Waals surface area contributed by atoms with E-state index in [0.717, 1.165) is 43.9 Å². The van der Waals surface area contributed by atoms with Crippen LogP contribution >= 0.6 is 0 Å². The normalized spacial score (nSPS) is 12.0. The van der Waals surface area contributed by atoms with Gasteiger partial charge in [-0.05, 0) is 12.8 Å². The largest absolute Gasteiger partial charge is 0.379 e. The van der Waals surface area contributed by atoms with E-state index in [-0.39, 0.29) is 0 Å². The van der Waals surface area contributed by atoms with Crippen molar-refractivity contribution < 1.29 is 18.7 Å². The van der Waals surface area contributed by atoms with Crippen LogP contribution in [0.5, 0.6) is 0 Å². The third-order valence-electron chi connectivity index (χ3n) is 6.30. The molecule has 4 heteroatoms. The van der Waals surface area contributed by atoms with Crippen LogP contribution in [0.15, 0.2) is 0 Å². The van der Waals surface area contributed by atoms with Gasteiger partial charge in [-0.15, -0.1) is 0 Å². The smallest absolute Gasteiger partial charge is 0.103 e. The van der Waals surface area contributed by atoms with Crippen LogP contribution in [0.1, 0.15) is 96.8 Å². The molecule has 4 nitrogen and oxygen atoms in total. The summed E-state index contributed by atoms with van der Waals surface area (Å²) in [5.41, 5.74) is 0. The minimum Gasteiger partial charge on any atom is -0.379 e. The molecule has 0 aliphatic heterocycles. The Kier molecular flexibility index (Phi) is 22.4. The lowest BCUT2D eigenvalue weighted by atomic mass is 10.0. The molecule has 0 aliphatic carbocycles. The molecule has 0 bridgehead atoms. The average Bonchev–Trinajstić information content (AvgIpc) is 2.74. The minimum atomic E-state index is 0.812. The van der Waals surface area contributed by atoms with E-state index >= 15 is 0 Å². The van der Waals surface area contributed by atoms with Gasteiger partial charge in [0.05, 0.1) is 26.4 Å². The highest BCUT2D eigenvalue weighted by molar-refractivity contribution is 4.52. The molecule has 0 rings (SSSR count). The van der Waals surface area contributed by atoms with Crippen molar-refractivity contribution in [3.05, 3.63) is 0 Å². The Morgan fingerprint density at radius 1 is 0.414 bits per heavy atom. The number of unbranched alkanes of at least 4 members (excludes halogenated alkanes) is 13. The Morgan fingerprint density at radius 2 is 0.724 bits per heavy atom. The predicted octanol–water partition coefficient (Wildman–Crippen LogP) is 6.22. The molecule has 176 valence electrons. The van der Waals surface area contributed by atoms with Crippen molar-refractivity contribution in [2.45, 2.75) is 96.8 Å². The van der Waals surface area contributed by atoms with Crippen LogP contribution in [-0.2, 0) is 14.2 Å². The van der Waals surface area contributed by atoms with Crippen LogP contribution in [-0.4, -0.2) is 71.8 Å². The fourth-order valence-corrected chi connectivity index (χ4v) is 4.17. The minimum absolute atomic E-state index is 0.812. The summed E-state index contributed by atoms with van der Waals surface area (Å²) in [6.07, 6.45) is 19.8. The first-order chi connectivity index (χ1) is 14.2. The van der Waals surface area contributed by atoms with Crippen molar-refractivity contribution in [1.82, 2.24) is 0 Å². The van der Waals surface area contributed by atoms with Crippen molar-refractivity contribution in [3.8, 4) is 0 Å². The quantitative estimate of drug-likeness (QED) is 0.138. The van der Waals surface area contributed by atoms with Gasteiger partial charge in [-0.3, -0.25) is 0 Å². The molecule has 0 aliphatic rings. The van der Waals surface area contributed by atoms with Crippen molar-refractivity contribution in [1.29, 1.82) is 0 Å². The molecule has 29 heavy (non-hydrogen) atoms. The number of hydrogen-bond donors (Lipinski definition) is 0. The van der Waals surface area contributed by atoms with Crippen LogP contribution in [0.25, 0.3) is 0 Å². The second-order valence-electron chi connectivity index (χ2n) is 8.81. The number of nitrogens with zero attached hydrogens (tertiary/aromatic N) is 1. The van der Waals surface area contributed by atoms with E-state index < -0.39 is 0 Å². The lowest BCUT2D eigenvalue weighted by Crippen LogP contribution is -2.54. The number of hydrogen-bond acceptors (Lipinski definition) is 3. The molecule has 0 atom stereocenters. The van der Waals surface area contributed by atoms with Gasteiger partial charge in [0.2, 0.25) is 0 Å². The van der Waals surface area contributed by atoms with Crippen LogP contribution in [0.4, 0.5) is 0 Å². The van der Waals surface area contributed by atoms with Crippen LogP contribution in [0.2, 0.25) is 0 Å². The summed E-state index contributed by atoms with van der Waals surface area (Å²) >= 11 is 0. The van der Waals surface area contributed by atoms with Crippen molar-refractivity contribution in [2.24, 2.45) is 0 Å². The standard InChI is InChI=1S/C25H54NO3/c1-5-6-7-8-9-10-11-12-13-14-15-16-17-18-19-26(20-23-27-2,21-24-28-3)22-25-29-4/h5-25H2,1-4H3/q+1. The fourth-order valence-electron chi connectivity index (χ4n) is 4.17. The summed E-state index contributed by atoms with van der Waals surface area (Å²) in [5.74, 6) is 0. The Hall–Kier alpha value is -0.160. The summed E-state index contributed by atoms with van der Waals surface area (Å²) in [7, 11) is 5.40. The predicted molar refractivity (Wildman–Crippen MR) is 126 cm³/mol. The van der Waals surface area contributed by atoms with Crippen LogP contribution in [0.3, 0.4) is 0 Å². The first kappa shape index (κ1) is 28.8. The SMILES string of the molecule is CCCCCCCCCCCCCCCC[N+](CCOC)(CCOC)CCOC. The Balaban J connectivity index is 3.79. The number of methoxy groups -OCH3 is 3. The molecule has 0 saturated heterocycles. The molecule has 0 aromatic carbocycles. The maximum atomic E-state index is 5.38. The Labute approximate surface area is 183 Å². The molecule has 0 aromatic rings. The van der Waals surface area contributed by atoms with Crippen LogP contribution < -0.4 is 0 Å². The summed E-state index contributed by atoms with van der Waals surface area (Å²) in [4.78, 5) is 0. The summed E-state index contributed by atoms with van der Waals surface area (Å²) < 4.78 is 17.2. The molecule has 0 saturated carbocycles. The van der Waals surface area contributed by atoms with Gasteiger partial charge in [0.15, 0.2) is 0 Å². The van der Waals surface area contributed by atoms with E-state index in [1.807, 2.05) is 0 Å². The topological polar surface area (TPSA) is 27.7 Å². The summed E-state index contributed by atoms with van der Waals surface area (Å²) in [6.45, 7) is 9.11. The molecular formula is C25H54NO3+. The van der Waals surface area contributed by atoms with E-state index in [4.69, 9.17) is 14.2 Å². The number of rotatable bonds is 24. The van der Waals surface area contributed by atoms with Gasteiger partial charge in [-0.1, -0.05) is 84.0 Å². The average molecular weight is 417 g/mol. The molecule has 0 radical (unpaired) electrons. The lowest BCUT2D eigenvalue weighted by Gasteiger charge is -2.38. The second-order valence-corrected chi connectivity index (χ2v) is 8.81. The Bertz CT molecular complexity index is 291. The maximum absolute atomic E-state index is 5.38. The number of quaternary nitrogens is 1. The van der Waals surface area contributed by atoms with Crippen LogP contribution in [0, 0.1) is 0 Å². The van der Waals surface area contributed by atoms with Crippen molar-refractivity contribution >= 4 is 0 Å². The molecular weight excluding hydrogens is 362 g/mol. The highest BCUT2D eigenvalue weighted by atomic mass is 16.5. The van der Waals surface area contributed by atoms with E-state index in [0.29, 0.717) is 0 Å². The maximum Gasteiger partial charge on any atom is 0.103 e. The van der Waals surface area contributed by atoms with Gasteiger partial charge < -0.3 is 18.7 Å². The van der Waals surface area contributed by atoms with Gasteiger partial charge in [-0.2, -0.15) is 0 Å². The van der Waals surface area contributed by atoms with Crippen molar-refractivity contribution in [3.63, 3.8) is 0 Å². The molecule has 0 unspecified atom stereocenters. The summed E-state index contributed by atoms with van der Waals surface area (Å²) in [6, 6.07) is 0. The highest BCUT2D eigenvalue weighted by Crippen LogP contribution is 2.15. The van der Waals surface area contributed by atoms with Gasteiger partial charge >= 0.3 is 0 Å². The zero-order valence-electron chi connectivity index (χ0n) is 20.5. The van der Waals surface area contributed by atoms with E-state index in [2.05, 4.69) is 6.92 Å². The molecule has 0 aromatic heterocycles. The highest BCUT2D eigenvalue weighted by Gasteiger charge is 2.26. The fraction of sp³-hybridized carbons (Fsp3) is 1.00. The molecule has 0 spiro atoms. The van der Waals surface area contributed by atoms with Gasteiger partial charge in [0.25, 0.3) is 0 Å². The third-order valence-corrected chi connectivity index (χ3v) is 6.30. The molecule has 0 fully saturated rings. The zero-order valence-corrected chi connectivity index (χ0v) is 20.5. The first-order valence-corrected chi connectivity index (χ1v) is 12.6. The third kappa shape index (κ3) is 18.3. The van der Waals surface area contributed by atoms with Gasteiger partial charge in [0, 0.05) is 21.3 Å². The van der Waals surface area contributed by atoms with Crippen molar-refractivity contribution in [2.75, 3.05) is 67.3 Å². The molecule has 0 N–H and O–H groups in total. The van der Waals surface area contributed by atoms with Gasteiger partial charge in [-0.25, -0.2) is 0 Å². The zero-order chi connectivity index (χ0) is 21.5. The molecule has 0 heterocycles. The lowest BCUT2D eigenvalue weighted by molar-refractivity contribution is -0.929. The Morgan fingerprint density at radius 3 is 1.03 bits per heavy atom. The van der Waals surface area contributed by atoms with E-state index in [1.165, 1.54) is 96.4 Å². The molecule has 0 amide bonds. The number of ether oxygens (including phenoxy) is 3. The van der Waals surface area contributed by atoms with Gasteiger partial charge in [0.1, 0.15) is 19.6 Å². The summed E-state index contributed by atoms with van der Waals surface area (Å²) in [5, 5.41) is 0.